The van der Waals surface area contributed by atoms with E-state index in [1.54, 1.807) is 11.0 Å². The van der Waals surface area contributed by atoms with E-state index >= 15 is 0 Å². The van der Waals surface area contributed by atoms with Gasteiger partial charge in [-0.2, -0.15) is 5.10 Å². The molecule has 0 saturated heterocycles. The van der Waals surface area contributed by atoms with E-state index in [2.05, 4.69) is 15.4 Å². The molecule has 0 spiro atoms. The van der Waals surface area contributed by atoms with Crippen LogP contribution in [0.25, 0.3) is 5.69 Å². The Balaban J connectivity index is 1.42. The number of aryl methyl sites for hydroxylation is 1. The van der Waals surface area contributed by atoms with E-state index < -0.39 is 0 Å². The van der Waals surface area contributed by atoms with Crippen LogP contribution in [-0.4, -0.2) is 27.3 Å². The van der Waals surface area contributed by atoms with Crippen molar-refractivity contribution < 1.29 is 9.53 Å². The number of hydrogen-bond donors (Lipinski definition) is 1. The molecule has 0 fully saturated rings. The first-order valence-corrected chi connectivity index (χ1v) is 9.54. The van der Waals surface area contributed by atoms with E-state index in [-0.39, 0.29) is 11.9 Å². The van der Waals surface area contributed by atoms with Gasteiger partial charge in [-0.05, 0) is 61.7 Å². The van der Waals surface area contributed by atoms with Gasteiger partial charge in [0, 0.05) is 11.4 Å². The molecule has 0 bridgehead atoms. The number of rotatable bonds is 8. The second-order valence-corrected chi connectivity index (χ2v) is 6.99. The minimum atomic E-state index is -0.0721. The molecule has 1 N–H and O–H groups in total. The highest BCUT2D eigenvalue weighted by molar-refractivity contribution is 6.31. The maximum absolute atomic E-state index is 12.2. The number of nitrogens with zero attached hydrogens (tertiary/aromatic N) is 3. The number of hydrogen-bond acceptors (Lipinski definition) is 4. The summed E-state index contributed by atoms with van der Waals surface area (Å²) in [6.45, 7) is 4.38. The average Bonchev–Trinajstić information content (AvgIpc) is 3.23. The van der Waals surface area contributed by atoms with Gasteiger partial charge in [-0.3, -0.25) is 4.79 Å². The SMILES string of the molecule is Cc1cc(OCCCC(=O)NC(C)c2ccc(-n3cncn3)cc2)ccc1Cl. The molecule has 3 rings (SSSR count). The highest BCUT2D eigenvalue weighted by atomic mass is 35.5. The number of ether oxygens (including phenoxy) is 1. The van der Waals surface area contributed by atoms with Crippen LogP contribution in [0.3, 0.4) is 0 Å². The van der Waals surface area contributed by atoms with Crippen molar-refractivity contribution in [2.75, 3.05) is 6.61 Å². The Morgan fingerprint density at radius 1 is 1.25 bits per heavy atom. The number of benzene rings is 2. The second-order valence-electron chi connectivity index (χ2n) is 6.58. The fourth-order valence-electron chi connectivity index (χ4n) is 2.78. The molecule has 7 heteroatoms. The van der Waals surface area contributed by atoms with Gasteiger partial charge >= 0.3 is 0 Å². The van der Waals surface area contributed by atoms with Gasteiger partial charge in [-0.25, -0.2) is 9.67 Å². The molecule has 0 radical (unpaired) electrons. The predicted octanol–water partition coefficient (Wildman–Crippen LogP) is 4.27. The van der Waals surface area contributed by atoms with Crippen LogP contribution in [0.15, 0.2) is 55.1 Å². The monoisotopic (exact) mass is 398 g/mol. The van der Waals surface area contributed by atoms with E-state index in [4.69, 9.17) is 16.3 Å². The topological polar surface area (TPSA) is 69.0 Å². The van der Waals surface area contributed by atoms with Gasteiger partial charge in [0.15, 0.2) is 0 Å². The molecule has 28 heavy (non-hydrogen) atoms. The van der Waals surface area contributed by atoms with Crippen LogP contribution in [0.4, 0.5) is 0 Å². The molecule has 3 aromatic rings. The van der Waals surface area contributed by atoms with Crippen molar-refractivity contribution in [2.24, 2.45) is 0 Å². The average molecular weight is 399 g/mol. The van der Waals surface area contributed by atoms with Crippen molar-refractivity contribution in [1.82, 2.24) is 20.1 Å². The largest absolute Gasteiger partial charge is 0.494 e. The summed E-state index contributed by atoms with van der Waals surface area (Å²) >= 11 is 6.00. The third kappa shape index (κ3) is 5.33. The van der Waals surface area contributed by atoms with Gasteiger partial charge in [0.1, 0.15) is 18.4 Å². The van der Waals surface area contributed by atoms with Crippen LogP contribution >= 0.6 is 11.6 Å². The van der Waals surface area contributed by atoms with Crippen LogP contribution in [0.2, 0.25) is 5.02 Å². The van der Waals surface area contributed by atoms with Gasteiger partial charge < -0.3 is 10.1 Å². The molecule has 2 aromatic carbocycles. The fourth-order valence-corrected chi connectivity index (χ4v) is 2.90. The molecule has 0 saturated carbocycles. The molecule has 1 amide bonds. The first-order valence-electron chi connectivity index (χ1n) is 9.16. The molecular formula is C21H23ClN4O2. The zero-order chi connectivity index (χ0) is 19.9. The number of halogens is 1. The standard InChI is InChI=1S/C21H23ClN4O2/c1-15-12-19(9-10-20(15)22)28-11-3-4-21(27)25-16(2)17-5-7-18(8-6-17)26-14-23-13-24-26/h5-10,12-14,16H,3-4,11H2,1-2H3,(H,25,27). The van der Waals surface area contributed by atoms with Gasteiger partial charge in [0.25, 0.3) is 0 Å². The van der Waals surface area contributed by atoms with E-state index in [0.717, 1.165) is 27.6 Å². The van der Waals surface area contributed by atoms with Crippen LogP contribution in [0.5, 0.6) is 5.75 Å². The van der Waals surface area contributed by atoms with Crippen LogP contribution in [0, 0.1) is 6.92 Å². The van der Waals surface area contributed by atoms with Gasteiger partial charge in [-0.15, -0.1) is 0 Å². The summed E-state index contributed by atoms with van der Waals surface area (Å²) in [7, 11) is 0. The summed E-state index contributed by atoms with van der Waals surface area (Å²) < 4.78 is 7.37. The highest BCUT2D eigenvalue weighted by Crippen LogP contribution is 2.21. The Morgan fingerprint density at radius 3 is 2.71 bits per heavy atom. The van der Waals surface area contributed by atoms with Crippen LogP contribution in [-0.2, 0) is 4.79 Å². The molecule has 1 heterocycles. The van der Waals surface area contributed by atoms with Gasteiger partial charge in [0.05, 0.1) is 18.3 Å². The Kier molecular flexibility index (Phi) is 6.66. The number of carbonyl (C=O) groups excluding carboxylic acids is 1. The quantitative estimate of drug-likeness (QED) is 0.575. The van der Waals surface area contributed by atoms with Crippen molar-refractivity contribution in [1.29, 1.82) is 0 Å². The third-order valence-electron chi connectivity index (χ3n) is 4.40. The smallest absolute Gasteiger partial charge is 0.220 e. The second kappa shape index (κ2) is 9.37. The lowest BCUT2D eigenvalue weighted by Crippen LogP contribution is -2.26. The third-order valence-corrected chi connectivity index (χ3v) is 4.82. The van der Waals surface area contributed by atoms with Crippen molar-refractivity contribution in [3.05, 3.63) is 71.3 Å². The number of carbonyl (C=O) groups is 1. The minimum Gasteiger partial charge on any atom is -0.494 e. The molecule has 0 aliphatic rings. The highest BCUT2D eigenvalue weighted by Gasteiger charge is 2.10. The lowest BCUT2D eigenvalue weighted by molar-refractivity contribution is -0.121. The summed E-state index contributed by atoms with van der Waals surface area (Å²) in [5.41, 5.74) is 2.93. The summed E-state index contributed by atoms with van der Waals surface area (Å²) in [6.07, 6.45) is 4.20. The molecule has 0 aliphatic carbocycles. The summed E-state index contributed by atoms with van der Waals surface area (Å²) in [4.78, 5) is 16.1. The summed E-state index contributed by atoms with van der Waals surface area (Å²) in [5, 5.41) is 7.84. The Hall–Kier alpha value is -2.86. The minimum absolute atomic E-state index is 0.00346. The fraction of sp³-hybridized carbons (Fsp3) is 0.286. The Bertz CT molecular complexity index is 911. The van der Waals surface area contributed by atoms with Crippen molar-refractivity contribution in [2.45, 2.75) is 32.7 Å². The number of nitrogens with one attached hydrogen (secondary N) is 1. The summed E-state index contributed by atoms with van der Waals surface area (Å²) in [5.74, 6) is 0.770. The lowest BCUT2D eigenvalue weighted by Gasteiger charge is -2.15. The van der Waals surface area contributed by atoms with E-state index in [1.807, 2.05) is 56.3 Å². The Morgan fingerprint density at radius 2 is 2.04 bits per heavy atom. The zero-order valence-electron chi connectivity index (χ0n) is 15.9. The number of aromatic nitrogens is 3. The lowest BCUT2D eigenvalue weighted by atomic mass is 10.1. The normalized spacial score (nSPS) is 11.8. The maximum Gasteiger partial charge on any atom is 0.220 e. The molecule has 146 valence electrons. The van der Waals surface area contributed by atoms with Crippen molar-refractivity contribution >= 4 is 17.5 Å². The molecule has 1 unspecified atom stereocenters. The maximum atomic E-state index is 12.2. The van der Waals surface area contributed by atoms with Crippen molar-refractivity contribution in [3.63, 3.8) is 0 Å². The first-order chi connectivity index (χ1) is 13.5. The Labute approximate surface area is 169 Å². The van der Waals surface area contributed by atoms with E-state index in [9.17, 15) is 4.79 Å². The van der Waals surface area contributed by atoms with Gasteiger partial charge in [0.2, 0.25) is 5.91 Å². The molecule has 1 atom stereocenters. The molecule has 0 aliphatic heterocycles. The molecule has 6 nitrogen and oxygen atoms in total. The van der Waals surface area contributed by atoms with E-state index in [0.29, 0.717) is 19.4 Å². The van der Waals surface area contributed by atoms with Crippen molar-refractivity contribution in [3.8, 4) is 11.4 Å². The van der Waals surface area contributed by atoms with Gasteiger partial charge in [-0.1, -0.05) is 23.7 Å². The van der Waals surface area contributed by atoms with Crippen LogP contribution < -0.4 is 10.1 Å². The van der Waals surface area contributed by atoms with Crippen LogP contribution in [0.1, 0.15) is 36.9 Å². The molecule has 1 aromatic heterocycles. The predicted molar refractivity (Wildman–Crippen MR) is 109 cm³/mol. The first kappa shape index (κ1) is 19.9. The number of amides is 1. The van der Waals surface area contributed by atoms with E-state index in [1.165, 1.54) is 6.33 Å². The molecular weight excluding hydrogens is 376 g/mol. The zero-order valence-corrected chi connectivity index (χ0v) is 16.7. The summed E-state index contributed by atoms with van der Waals surface area (Å²) in [6, 6.07) is 13.3.